The maximum atomic E-state index is 12.6. The van der Waals surface area contributed by atoms with Crippen molar-refractivity contribution >= 4 is 5.91 Å². The molecular formula is C18H27N3O2. The van der Waals surface area contributed by atoms with Crippen molar-refractivity contribution in [3.8, 4) is 0 Å². The lowest BCUT2D eigenvalue weighted by Crippen LogP contribution is -2.39. The molecule has 1 atom stereocenters. The molecule has 0 N–H and O–H groups in total. The highest BCUT2D eigenvalue weighted by molar-refractivity contribution is 5.79. The quantitative estimate of drug-likeness (QED) is 0.793. The highest BCUT2D eigenvalue weighted by Gasteiger charge is 2.28. The fraction of sp³-hybridized carbons (Fsp3) is 0.722. The molecule has 0 saturated carbocycles. The van der Waals surface area contributed by atoms with Crippen LogP contribution in [0.1, 0.15) is 82.3 Å². The van der Waals surface area contributed by atoms with E-state index in [0.29, 0.717) is 12.3 Å². The third-order valence-corrected chi connectivity index (χ3v) is 4.85. The molecule has 5 nitrogen and oxygen atoms in total. The Labute approximate surface area is 138 Å². The van der Waals surface area contributed by atoms with Crippen molar-refractivity contribution in [2.24, 2.45) is 0 Å². The van der Waals surface area contributed by atoms with Gasteiger partial charge in [-0.05, 0) is 38.5 Å². The summed E-state index contributed by atoms with van der Waals surface area (Å²) >= 11 is 0. The second-order valence-corrected chi connectivity index (χ2v) is 7.11. The normalized spacial score (nSPS) is 22.3. The summed E-state index contributed by atoms with van der Waals surface area (Å²) in [4.78, 5) is 19.1. The van der Waals surface area contributed by atoms with E-state index in [4.69, 9.17) is 4.52 Å². The van der Waals surface area contributed by atoms with Crippen molar-refractivity contribution in [2.75, 3.05) is 13.1 Å². The lowest BCUT2D eigenvalue weighted by molar-refractivity contribution is -0.131. The van der Waals surface area contributed by atoms with Crippen LogP contribution in [0.25, 0.3) is 0 Å². The van der Waals surface area contributed by atoms with Gasteiger partial charge in [0.15, 0.2) is 5.82 Å². The highest BCUT2D eigenvalue weighted by atomic mass is 16.5. The number of likely N-dealkylation sites (tertiary alicyclic amines) is 1. The third kappa shape index (κ3) is 4.01. The SMILES string of the molecule is CC(C)c1nc([C@H]2CCCN(C(=O)CC3=CCCCC3)C2)no1. The van der Waals surface area contributed by atoms with Gasteiger partial charge in [-0.25, -0.2) is 0 Å². The van der Waals surface area contributed by atoms with Crippen LogP contribution in [-0.4, -0.2) is 34.0 Å². The molecule has 1 aliphatic heterocycles. The molecule has 0 aromatic carbocycles. The van der Waals surface area contributed by atoms with E-state index in [9.17, 15) is 4.79 Å². The van der Waals surface area contributed by atoms with Gasteiger partial charge in [-0.1, -0.05) is 30.7 Å². The van der Waals surface area contributed by atoms with Crippen molar-refractivity contribution in [2.45, 2.75) is 70.6 Å². The Kier molecular flexibility index (Phi) is 5.13. The summed E-state index contributed by atoms with van der Waals surface area (Å²) in [6.45, 7) is 5.68. The van der Waals surface area contributed by atoms with Gasteiger partial charge in [0.25, 0.3) is 0 Å². The van der Waals surface area contributed by atoms with Crippen LogP contribution in [0.3, 0.4) is 0 Å². The molecule has 23 heavy (non-hydrogen) atoms. The molecule has 1 aromatic heterocycles. The van der Waals surface area contributed by atoms with Crippen molar-refractivity contribution in [3.05, 3.63) is 23.4 Å². The minimum Gasteiger partial charge on any atom is -0.342 e. The monoisotopic (exact) mass is 317 g/mol. The second kappa shape index (κ2) is 7.28. The lowest BCUT2D eigenvalue weighted by atomic mass is 9.94. The molecule has 1 fully saturated rings. The molecular weight excluding hydrogens is 290 g/mol. The minimum absolute atomic E-state index is 0.212. The summed E-state index contributed by atoms with van der Waals surface area (Å²) in [5.74, 6) is 2.18. The lowest BCUT2D eigenvalue weighted by Gasteiger charge is -2.31. The molecule has 1 aliphatic carbocycles. The van der Waals surface area contributed by atoms with Crippen molar-refractivity contribution in [1.29, 1.82) is 0 Å². The minimum atomic E-state index is 0.212. The number of aromatic nitrogens is 2. The first kappa shape index (κ1) is 16.2. The van der Waals surface area contributed by atoms with E-state index >= 15 is 0 Å². The molecule has 1 amide bonds. The van der Waals surface area contributed by atoms with Crippen LogP contribution < -0.4 is 0 Å². The van der Waals surface area contributed by atoms with Gasteiger partial charge < -0.3 is 9.42 Å². The van der Waals surface area contributed by atoms with Crippen molar-refractivity contribution in [1.82, 2.24) is 15.0 Å². The molecule has 126 valence electrons. The summed E-state index contributed by atoms with van der Waals surface area (Å²) < 4.78 is 5.32. The standard InChI is InChI=1S/C18H27N3O2/c1-13(2)18-19-17(20-23-18)15-9-6-10-21(12-15)16(22)11-14-7-4-3-5-8-14/h7,13,15H,3-6,8-12H2,1-2H3/t15-/m0/s1. The van der Waals surface area contributed by atoms with E-state index < -0.39 is 0 Å². The maximum Gasteiger partial charge on any atom is 0.229 e. The van der Waals surface area contributed by atoms with Gasteiger partial charge in [0, 0.05) is 31.3 Å². The van der Waals surface area contributed by atoms with E-state index in [0.717, 1.165) is 44.6 Å². The first-order valence-electron chi connectivity index (χ1n) is 8.92. The maximum absolute atomic E-state index is 12.6. The Morgan fingerprint density at radius 3 is 2.96 bits per heavy atom. The molecule has 0 spiro atoms. The largest absolute Gasteiger partial charge is 0.342 e. The number of carbonyl (C=O) groups excluding carboxylic acids is 1. The summed E-state index contributed by atoms with van der Waals surface area (Å²) in [6, 6.07) is 0. The van der Waals surface area contributed by atoms with Crippen LogP contribution in [0.2, 0.25) is 0 Å². The fourth-order valence-electron chi connectivity index (χ4n) is 3.43. The Morgan fingerprint density at radius 1 is 1.39 bits per heavy atom. The molecule has 0 bridgehead atoms. The molecule has 1 saturated heterocycles. The smallest absolute Gasteiger partial charge is 0.229 e. The predicted octanol–water partition coefficient (Wildman–Crippen LogP) is 3.79. The number of amides is 1. The highest BCUT2D eigenvalue weighted by Crippen LogP contribution is 2.28. The van der Waals surface area contributed by atoms with E-state index in [1.807, 2.05) is 18.7 Å². The number of piperidine rings is 1. The third-order valence-electron chi connectivity index (χ3n) is 4.85. The van der Waals surface area contributed by atoms with Gasteiger partial charge in [-0.15, -0.1) is 0 Å². The topological polar surface area (TPSA) is 59.2 Å². The van der Waals surface area contributed by atoms with Gasteiger partial charge in [0.1, 0.15) is 0 Å². The molecule has 2 heterocycles. The molecule has 2 aliphatic rings. The number of rotatable bonds is 4. The summed E-state index contributed by atoms with van der Waals surface area (Å²) in [5, 5.41) is 4.14. The zero-order valence-electron chi connectivity index (χ0n) is 14.3. The van der Waals surface area contributed by atoms with Crippen LogP contribution in [0.15, 0.2) is 16.2 Å². The predicted molar refractivity (Wildman–Crippen MR) is 88.1 cm³/mol. The van der Waals surface area contributed by atoms with E-state index in [-0.39, 0.29) is 17.7 Å². The Bertz CT molecular complexity index is 577. The molecule has 0 unspecified atom stereocenters. The van der Waals surface area contributed by atoms with Crippen molar-refractivity contribution < 1.29 is 9.32 Å². The number of nitrogens with zero attached hydrogens (tertiary/aromatic N) is 3. The average molecular weight is 317 g/mol. The Morgan fingerprint density at radius 2 is 2.26 bits per heavy atom. The van der Waals surface area contributed by atoms with Crippen molar-refractivity contribution in [3.63, 3.8) is 0 Å². The average Bonchev–Trinajstić information content (AvgIpc) is 3.06. The molecule has 5 heteroatoms. The number of hydrogen-bond acceptors (Lipinski definition) is 4. The van der Waals surface area contributed by atoms with E-state index in [2.05, 4.69) is 16.2 Å². The number of hydrogen-bond donors (Lipinski definition) is 0. The number of carbonyl (C=O) groups is 1. The summed E-state index contributed by atoms with van der Waals surface area (Å²) in [5.41, 5.74) is 1.32. The van der Waals surface area contributed by atoms with Gasteiger partial charge in [0.2, 0.25) is 11.8 Å². The Balaban J connectivity index is 1.60. The van der Waals surface area contributed by atoms with Gasteiger partial charge in [0.05, 0.1) is 0 Å². The van der Waals surface area contributed by atoms with Crippen LogP contribution in [-0.2, 0) is 4.79 Å². The zero-order chi connectivity index (χ0) is 16.2. The Hall–Kier alpha value is -1.65. The molecule has 3 rings (SSSR count). The van der Waals surface area contributed by atoms with Crippen LogP contribution in [0.5, 0.6) is 0 Å². The number of allylic oxidation sites excluding steroid dienone is 1. The van der Waals surface area contributed by atoms with Crippen LogP contribution in [0, 0.1) is 0 Å². The summed E-state index contributed by atoms with van der Waals surface area (Å²) in [6.07, 6.45) is 9.61. The van der Waals surface area contributed by atoms with Crippen LogP contribution >= 0.6 is 0 Å². The molecule has 1 aromatic rings. The van der Waals surface area contributed by atoms with E-state index in [1.165, 1.54) is 18.4 Å². The fourth-order valence-corrected chi connectivity index (χ4v) is 3.43. The summed E-state index contributed by atoms with van der Waals surface area (Å²) in [7, 11) is 0. The van der Waals surface area contributed by atoms with E-state index in [1.54, 1.807) is 0 Å². The van der Waals surface area contributed by atoms with Gasteiger partial charge >= 0.3 is 0 Å². The second-order valence-electron chi connectivity index (χ2n) is 7.11. The van der Waals surface area contributed by atoms with Gasteiger partial charge in [-0.3, -0.25) is 4.79 Å². The van der Waals surface area contributed by atoms with Gasteiger partial charge in [-0.2, -0.15) is 4.98 Å². The zero-order valence-corrected chi connectivity index (χ0v) is 14.3. The first-order chi connectivity index (χ1) is 11.1. The van der Waals surface area contributed by atoms with Crippen LogP contribution in [0.4, 0.5) is 0 Å². The molecule has 0 radical (unpaired) electrons. The first-order valence-corrected chi connectivity index (χ1v) is 8.92.